The summed E-state index contributed by atoms with van der Waals surface area (Å²) in [5.41, 5.74) is 12.9. The van der Waals surface area contributed by atoms with Crippen LogP contribution in [0.25, 0.3) is 5.69 Å². The van der Waals surface area contributed by atoms with E-state index in [9.17, 15) is 22.4 Å². The number of nitrogens with one attached hydrogen (secondary N) is 1. The number of benzene rings is 2. The van der Waals surface area contributed by atoms with E-state index in [1.54, 1.807) is 24.4 Å². The first kappa shape index (κ1) is 27.5. The van der Waals surface area contributed by atoms with Gasteiger partial charge in [0.2, 0.25) is 0 Å². The van der Waals surface area contributed by atoms with E-state index in [-0.39, 0.29) is 23.8 Å². The van der Waals surface area contributed by atoms with Crippen molar-refractivity contribution in [3.8, 4) is 5.69 Å². The van der Waals surface area contributed by atoms with Crippen molar-refractivity contribution in [3.63, 3.8) is 0 Å². The molecule has 5 N–H and O–H groups in total. The first-order valence-electron chi connectivity index (χ1n) is 12.9. The van der Waals surface area contributed by atoms with Crippen LogP contribution in [0.15, 0.2) is 73.1 Å². The maximum atomic E-state index is 14.8. The van der Waals surface area contributed by atoms with Gasteiger partial charge in [0, 0.05) is 31.0 Å². The molecule has 5 rings (SSSR count). The summed E-state index contributed by atoms with van der Waals surface area (Å²) in [4.78, 5) is 17.4. The minimum Gasteiger partial charge on any atom is -0.326 e. The third-order valence-electron chi connectivity index (χ3n) is 7.10. The van der Waals surface area contributed by atoms with E-state index < -0.39 is 35.3 Å². The van der Waals surface area contributed by atoms with Crippen molar-refractivity contribution in [2.24, 2.45) is 17.4 Å². The average molecular weight is 553 g/mol. The summed E-state index contributed by atoms with van der Waals surface area (Å²) in [6, 6.07) is 14.5. The quantitative estimate of drug-likeness (QED) is 0.230. The summed E-state index contributed by atoms with van der Waals surface area (Å²) in [5.74, 6) is -1.03. The third kappa shape index (κ3) is 6.05. The van der Waals surface area contributed by atoms with Gasteiger partial charge in [-0.3, -0.25) is 9.78 Å². The summed E-state index contributed by atoms with van der Waals surface area (Å²) in [5, 5.41) is 6.03. The SMILES string of the molecule is NCc1cccc(-n2nc(C(F)(F)F)cc2C(=O)Nc2cc(C(N)C[C@H](c3cccnc3)C3CC3)ccc2F)c1. The highest BCUT2D eigenvalue weighted by molar-refractivity contribution is 6.03. The zero-order chi connectivity index (χ0) is 28.4. The molecule has 1 amide bonds. The Labute approximate surface area is 228 Å². The van der Waals surface area contributed by atoms with Gasteiger partial charge in [-0.25, -0.2) is 9.07 Å². The summed E-state index contributed by atoms with van der Waals surface area (Å²) < 4.78 is 56.2. The van der Waals surface area contributed by atoms with Gasteiger partial charge in [-0.2, -0.15) is 18.3 Å². The third-order valence-corrected chi connectivity index (χ3v) is 7.10. The van der Waals surface area contributed by atoms with E-state index in [1.165, 1.54) is 24.3 Å². The van der Waals surface area contributed by atoms with Crippen LogP contribution in [0.4, 0.5) is 23.2 Å². The van der Waals surface area contributed by atoms with Gasteiger partial charge in [0.1, 0.15) is 11.5 Å². The summed E-state index contributed by atoms with van der Waals surface area (Å²) >= 11 is 0. The topological polar surface area (TPSA) is 112 Å². The van der Waals surface area contributed by atoms with Crippen LogP contribution >= 0.6 is 0 Å². The molecule has 0 spiro atoms. The first-order valence-corrected chi connectivity index (χ1v) is 12.9. The van der Waals surface area contributed by atoms with E-state index >= 15 is 0 Å². The Morgan fingerprint density at radius 2 is 1.88 bits per heavy atom. The lowest BCUT2D eigenvalue weighted by Gasteiger charge is -2.22. The van der Waals surface area contributed by atoms with Crippen molar-refractivity contribution in [2.75, 3.05) is 5.32 Å². The molecule has 1 fully saturated rings. The van der Waals surface area contributed by atoms with E-state index in [1.807, 2.05) is 18.3 Å². The lowest BCUT2D eigenvalue weighted by Crippen LogP contribution is -2.19. The fourth-order valence-electron chi connectivity index (χ4n) is 4.85. The molecule has 1 aliphatic rings. The molecule has 4 aromatic rings. The number of carbonyl (C=O) groups excluding carboxylic acids is 1. The molecule has 0 saturated heterocycles. The number of nitrogens with zero attached hydrogens (tertiary/aromatic N) is 3. The van der Waals surface area contributed by atoms with Crippen LogP contribution < -0.4 is 16.8 Å². The van der Waals surface area contributed by atoms with Crippen molar-refractivity contribution < 1.29 is 22.4 Å². The van der Waals surface area contributed by atoms with Crippen LogP contribution in [0.2, 0.25) is 0 Å². The molecule has 2 heterocycles. The zero-order valence-electron chi connectivity index (χ0n) is 21.4. The van der Waals surface area contributed by atoms with Gasteiger partial charge in [-0.15, -0.1) is 0 Å². The van der Waals surface area contributed by atoms with Crippen LogP contribution in [-0.2, 0) is 12.7 Å². The molecule has 208 valence electrons. The Balaban J connectivity index is 1.41. The number of pyridine rings is 1. The summed E-state index contributed by atoms with van der Waals surface area (Å²) in [6.07, 6.45) is 1.52. The number of anilines is 1. The van der Waals surface area contributed by atoms with Crippen molar-refractivity contribution in [2.45, 2.75) is 43.9 Å². The normalized spacial score (nSPS) is 15.1. The maximum Gasteiger partial charge on any atom is 0.435 e. The van der Waals surface area contributed by atoms with Crippen LogP contribution in [0, 0.1) is 11.7 Å². The second-order valence-electron chi connectivity index (χ2n) is 9.96. The van der Waals surface area contributed by atoms with Crippen molar-refractivity contribution in [1.82, 2.24) is 14.8 Å². The fourth-order valence-corrected chi connectivity index (χ4v) is 4.85. The molecule has 2 aromatic heterocycles. The van der Waals surface area contributed by atoms with Gasteiger partial charge in [0.05, 0.1) is 11.4 Å². The fraction of sp³-hybridized carbons (Fsp3) is 0.276. The smallest absolute Gasteiger partial charge is 0.326 e. The first-order chi connectivity index (χ1) is 19.1. The number of carbonyl (C=O) groups is 1. The Morgan fingerprint density at radius 1 is 1.07 bits per heavy atom. The predicted molar refractivity (Wildman–Crippen MR) is 142 cm³/mol. The molecule has 2 aromatic carbocycles. The minimum atomic E-state index is -4.80. The monoisotopic (exact) mass is 552 g/mol. The van der Waals surface area contributed by atoms with Crippen LogP contribution in [-0.4, -0.2) is 20.7 Å². The molecule has 0 aliphatic heterocycles. The second-order valence-corrected chi connectivity index (χ2v) is 9.96. The number of alkyl halides is 3. The van der Waals surface area contributed by atoms with Crippen molar-refractivity contribution in [3.05, 3.63) is 107 Å². The lowest BCUT2D eigenvalue weighted by molar-refractivity contribution is -0.141. The van der Waals surface area contributed by atoms with Gasteiger partial charge in [-0.1, -0.05) is 24.3 Å². The molecule has 2 atom stereocenters. The molecular formula is C29H28F4N6O. The molecular weight excluding hydrogens is 524 g/mol. The van der Waals surface area contributed by atoms with E-state index in [4.69, 9.17) is 11.5 Å². The van der Waals surface area contributed by atoms with E-state index in [2.05, 4.69) is 15.4 Å². The number of nitrogens with two attached hydrogens (primary N) is 2. The Bertz CT molecular complexity index is 1500. The standard InChI is InChI=1S/C29H28F4N6O/c30-23-9-8-19(24(35)13-22(18-6-7-18)20-4-2-10-36-16-20)12-25(23)37-28(40)26-14-27(29(31,32)33)38-39(26)21-5-1-3-17(11-21)15-34/h1-5,8-12,14,16,18,22,24H,6-7,13,15,34-35H2,(H,37,40)/t22-,24?/m0/s1. The maximum absolute atomic E-state index is 14.8. The largest absolute Gasteiger partial charge is 0.435 e. The number of hydrogen-bond donors (Lipinski definition) is 3. The van der Waals surface area contributed by atoms with Gasteiger partial charge in [-0.05, 0) is 78.1 Å². The number of halogens is 4. The van der Waals surface area contributed by atoms with Crippen molar-refractivity contribution >= 4 is 11.6 Å². The second kappa shape index (κ2) is 11.2. The highest BCUT2D eigenvalue weighted by atomic mass is 19.4. The minimum absolute atomic E-state index is 0.142. The van der Waals surface area contributed by atoms with E-state index in [0.717, 1.165) is 23.1 Å². The van der Waals surface area contributed by atoms with Crippen LogP contribution in [0.1, 0.15) is 64.1 Å². The number of hydrogen-bond acceptors (Lipinski definition) is 5. The van der Waals surface area contributed by atoms with Gasteiger partial charge < -0.3 is 16.8 Å². The molecule has 0 bridgehead atoms. The zero-order valence-corrected chi connectivity index (χ0v) is 21.4. The summed E-state index contributed by atoms with van der Waals surface area (Å²) in [7, 11) is 0. The molecule has 1 aliphatic carbocycles. The highest BCUT2D eigenvalue weighted by Crippen LogP contribution is 2.46. The molecule has 1 saturated carbocycles. The molecule has 40 heavy (non-hydrogen) atoms. The van der Waals surface area contributed by atoms with Crippen LogP contribution in [0.3, 0.4) is 0 Å². The molecule has 7 nitrogen and oxygen atoms in total. The highest BCUT2D eigenvalue weighted by Gasteiger charge is 2.37. The molecule has 0 radical (unpaired) electrons. The van der Waals surface area contributed by atoms with E-state index in [0.29, 0.717) is 29.5 Å². The lowest BCUT2D eigenvalue weighted by atomic mass is 9.87. The predicted octanol–water partition coefficient (Wildman–Crippen LogP) is 5.72. The van der Waals surface area contributed by atoms with Crippen molar-refractivity contribution in [1.29, 1.82) is 0 Å². The number of aromatic nitrogens is 3. The Hall–Kier alpha value is -4.09. The van der Waals surface area contributed by atoms with Gasteiger partial charge >= 0.3 is 6.18 Å². The summed E-state index contributed by atoms with van der Waals surface area (Å²) in [6.45, 7) is 0.142. The number of amides is 1. The number of rotatable bonds is 9. The molecule has 1 unspecified atom stereocenters. The Morgan fingerprint density at radius 3 is 2.55 bits per heavy atom. The van der Waals surface area contributed by atoms with Gasteiger partial charge in [0.25, 0.3) is 5.91 Å². The molecule has 11 heteroatoms. The van der Waals surface area contributed by atoms with Gasteiger partial charge in [0.15, 0.2) is 5.69 Å². The van der Waals surface area contributed by atoms with Crippen LogP contribution in [0.5, 0.6) is 0 Å². The average Bonchev–Trinajstić information content (AvgIpc) is 3.68. The Kier molecular flexibility index (Phi) is 7.68.